The molecule has 0 radical (unpaired) electrons. The Hall–Kier alpha value is -4.01. The fraction of sp³-hybridized carbons (Fsp3) is 0.292. The normalized spacial score (nSPS) is 11.0. The summed E-state index contributed by atoms with van der Waals surface area (Å²) in [6.07, 6.45) is 6.66. The van der Waals surface area contributed by atoms with Crippen LogP contribution in [0.3, 0.4) is 0 Å². The molecule has 0 unspecified atom stereocenters. The number of imidazole rings is 1. The fourth-order valence-corrected chi connectivity index (χ4v) is 3.19. The van der Waals surface area contributed by atoms with Crippen molar-refractivity contribution in [2.45, 2.75) is 46.3 Å². The van der Waals surface area contributed by atoms with E-state index in [0.29, 0.717) is 29.8 Å². The first-order chi connectivity index (χ1) is 16.0. The van der Waals surface area contributed by atoms with Crippen molar-refractivity contribution >= 4 is 5.91 Å². The smallest absolute Gasteiger partial charge is 0.271 e. The van der Waals surface area contributed by atoms with Crippen LogP contribution in [0.25, 0.3) is 17.3 Å². The van der Waals surface area contributed by atoms with Gasteiger partial charge in [0.05, 0.1) is 6.10 Å². The van der Waals surface area contributed by atoms with Crippen molar-refractivity contribution in [1.29, 1.82) is 0 Å². The molecule has 0 bridgehead atoms. The Kier molecular flexibility index (Phi) is 6.77. The lowest BCUT2D eigenvalue weighted by Gasteiger charge is -2.10. The number of carbonyl (C=O) groups is 1. The van der Waals surface area contributed by atoms with Gasteiger partial charge in [-0.05, 0) is 50.1 Å². The first kappa shape index (κ1) is 22.2. The quantitative estimate of drug-likeness (QED) is 0.414. The molecule has 1 amide bonds. The lowest BCUT2D eigenvalue weighted by molar-refractivity contribution is 0.0946. The zero-order valence-electron chi connectivity index (χ0n) is 18.9. The molecule has 3 heterocycles. The number of ether oxygens (including phenoxy) is 1. The minimum Gasteiger partial charge on any atom is -0.491 e. The molecule has 0 aliphatic carbocycles. The molecule has 0 saturated carbocycles. The number of aryl methyl sites for hydroxylation is 1. The number of aromatic nitrogens is 5. The van der Waals surface area contributed by atoms with Crippen LogP contribution in [0.1, 0.15) is 49.1 Å². The number of hydrogen-bond acceptors (Lipinski definition) is 7. The molecule has 0 aliphatic rings. The van der Waals surface area contributed by atoms with Gasteiger partial charge < -0.3 is 14.6 Å². The van der Waals surface area contributed by atoms with Crippen LogP contribution in [0.5, 0.6) is 5.75 Å². The third-order valence-corrected chi connectivity index (χ3v) is 4.76. The van der Waals surface area contributed by atoms with E-state index >= 15 is 0 Å². The van der Waals surface area contributed by atoms with Gasteiger partial charge in [-0.1, -0.05) is 24.2 Å². The lowest BCUT2D eigenvalue weighted by atomic mass is 10.2. The van der Waals surface area contributed by atoms with Gasteiger partial charge in [-0.15, -0.1) is 0 Å². The third kappa shape index (κ3) is 5.62. The van der Waals surface area contributed by atoms with Crippen LogP contribution >= 0.6 is 0 Å². The van der Waals surface area contributed by atoms with Crippen LogP contribution in [-0.2, 0) is 13.0 Å². The molecule has 33 heavy (non-hydrogen) atoms. The Balaban J connectivity index is 1.40. The topological polar surface area (TPSA) is 108 Å². The van der Waals surface area contributed by atoms with Crippen molar-refractivity contribution in [2.75, 3.05) is 0 Å². The summed E-state index contributed by atoms with van der Waals surface area (Å²) in [5.41, 5.74) is 2.01. The Morgan fingerprint density at radius 3 is 2.76 bits per heavy atom. The second kappa shape index (κ2) is 10.1. The summed E-state index contributed by atoms with van der Waals surface area (Å²) in [5, 5.41) is 6.87. The highest BCUT2D eigenvalue weighted by molar-refractivity contribution is 5.92. The summed E-state index contributed by atoms with van der Waals surface area (Å²) in [4.78, 5) is 25.6. The molecule has 0 fully saturated rings. The molecule has 1 aromatic carbocycles. The number of benzene rings is 1. The maximum absolute atomic E-state index is 12.6. The summed E-state index contributed by atoms with van der Waals surface area (Å²) in [7, 11) is 0. The highest BCUT2D eigenvalue weighted by Gasteiger charge is 2.13. The van der Waals surface area contributed by atoms with Gasteiger partial charge in [0, 0.05) is 30.9 Å². The second-order valence-electron chi connectivity index (χ2n) is 7.83. The van der Waals surface area contributed by atoms with Crippen molar-refractivity contribution in [1.82, 2.24) is 30.0 Å². The Morgan fingerprint density at radius 2 is 2.00 bits per heavy atom. The summed E-state index contributed by atoms with van der Waals surface area (Å²) in [6.45, 7) is 6.41. The van der Waals surface area contributed by atoms with Crippen LogP contribution in [0.2, 0.25) is 0 Å². The number of nitrogens with one attached hydrogen (secondary N) is 1. The molecule has 0 saturated heterocycles. The van der Waals surface area contributed by atoms with Gasteiger partial charge >= 0.3 is 0 Å². The lowest BCUT2D eigenvalue weighted by Crippen LogP contribution is -2.23. The summed E-state index contributed by atoms with van der Waals surface area (Å²) < 4.78 is 12.7. The molecule has 0 spiro atoms. The molecule has 9 heteroatoms. The van der Waals surface area contributed by atoms with E-state index in [1.54, 1.807) is 29.4 Å². The highest BCUT2D eigenvalue weighted by atomic mass is 16.5. The minimum absolute atomic E-state index is 0.117. The van der Waals surface area contributed by atoms with Crippen molar-refractivity contribution < 1.29 is 14.1 Å². The number of rotatable bonds is 9. The molecule has 4 rings (SSSR count). The Morgan fingerprint density at radius 1 is 1.18 bits per heavy atom. The zero-order valence-corrected chi connectivity index (χ0v) is 18.9. The molecule has 9 nitrogen and oxygen atoms in total. The third-order valence-electron chi connectivity index (χ3n) is 4.76. The van der Waals surface area contributed by atoms with Crippen molar-refractivity contribution in [3.8, 4) is 23.0 Å². The van der Waals surface area contributed by atoms with E-state index in [0.717, 1.165) is 29.7 Å². The summed E-state index contributed by atoms with van der Waals surface area (Å²) in [5.74, 6) is 2.23. The summed E-state index contributed by atoms with van der Waals surface area (Å²) >= 11 is 0. The number of hydrogen-bond donors (Lipinski definition) is 1. The van der Waals surface area contributed by atoms with Gasteiger partial charge in [-0.25, -0.2) is 9.97 Å². The maximum Gasteiger partial charge on any atom is 0.271 e. The van der Waals surface area contributed by atoms with E-state index in [9.17, 15) is 4.79 Å². The van der Waals surface area contributed by atoms with E-state index in [2.05, 4.69) is 32.3 Å². The standard InChI is InChI=1S/C24H26N6O3/c1-4-5-21-28-24(33-29-21)18-10-11-25-22(12-18)30-14-20(27-15-30)23(31)26-13-17-6-8-19(9-7-17)32-16(2)3/h6-12,14-16H,4-5,13H2,1-3H3,(H,26,31). The molecule has 170 valence electrons. The van der Waals surface area contributed by atoms with Crippen molar-refractivity contribution in [3.63, 3.8) is 0 Å². The van der Waals surface area contributed by atoms with Gasteiger partial charge in [0.2, 0.25) is 0 Å². The molecular formula is C24H26N6O3. The van der Waals surface area contributed by atoms with Crippen molar-refractivity contribution in [3.05, 3.63) is 72.2 Å². The van der Waals surface area contributed by atoms with Crippen LogP contribution < -0.4 is 10.1 Å². The molecule has 4 aromatic rings. The van der Waals surface area contributed by atoms with E-state index in [1.165, 1.54) is 0 Å². The number of carbonyl (C=O) groups excluding carboxylic acids is 1. The highest BCUT2D eigenvalue weighted by Crippen LogP contribution is 2.20. The predicted octanol–water partition coefficient (Wildman–Crippen LogP) is 3.99. The Labute approximate surface area is 191 Å². The largest absolute Gasteiger partial charge is 0.491 e. The molecule has 0 atom stereocenters. The van der Waals surface area contributed by atoms with Crippen LogP contribution in [0, 0.1) is 0 Å². The minimum atomic E-state index is -0.270. The maximum atomic E-state index is 12.6. The summed E-state index contributed by atoms with van der Waals surface area (Å²) in [6, 6.07) is 11.3. The van der Waals surface area contributed by atoms with Crippen LogP contribution in [0.15, 0.2) is 59.6 Å². The molecule has 0 aliphatic heterocycles. The van der Waals surface area contributed by atoms with Gasteiger partial charge in [-0.2, -0.15) is 4.98 Å². The molecule has 3 aromatic heterocycles. The van der Waals surface area contributed by atoms with E-state index < -0.39 is 0 Å². The van der Waals surface area contributed by atoms with Gasteiger partial charge in [-0.3, -0.25) is 9.36 Å². The zero-order chi connectivity index (χ0) is 23.2. The van der Waals surface area contributed by atoms with Crippen molar-refractivity contribution in [2.24, 2.45) is 0 Å². The number of pyridine rings is 1. The second-order valence-corrected chi connectivity index (χ2v) is 7.83. The first-order valence-corrected chi connectivity index (χ1v) is 10.9. The SMILES string of the molecule is CCCc1noc(-c2ccnc(-n3cnc(C(=O)NCc4ccc(OC(C)C)cc4)c3)c2)n1. The van der Waals surface area contributed by atoms with E-state index in [4.69, 9.17) is 9.26 Å². The van der Waals surface area contributed by atoms with Crippen LogP contribution in [0.4, 0.5) is 0 Å². The predicted molar refractivity (Wildman–Crippen MR) is 122 cm³/mol. The number of nitrogens with zero attached hydrogens (tertiary/aromatic N) is 5. The number of amides is 1. The average molecular weight is 447 g/mol. The molecule has 1 N–H and O–H groups in total. The van der Waals surface area contributed by atoms with Gasteiger partial charge in [0.1, 0.15) is 23.6 Å². The first-order valence-electron chi connectivity index (χ1n) is 10.9. The van der Waals surface area contributed by atoms with Gasteiger partial charge in [0.15, 0.2) is 5.82 Å². The average Bonchev–Trinajstić information content (AvgIpc) is 3.49. The monoisotopic (exact) mass is 446 g/mol. The van der Waals surface area contributed by atoms with E-state index in [-0.39, 0.29) is 12.0 Å². The van der Waals surface area contributed by atoms with E-state index in [1.807, 2.05) is 44.2 Å². The fourth-order valence-electron chi connectivity index (χ4n) is 3.19. The van der Waals surface area contributed by atoms with Crippen LogP contribution in [-0.4, -0.2) is 36.7 Å². The molecular weight excluding hydrogens is 420 g/mol. The van der Waals surface area contributed by atoms with Gasteiger partial charge in [0.25, 0.3) is 11.8 Å². The Bertz CT molecular complexity index is 1210.